The fraction of sp³-hybridized carbons (Fsp3) is 0.412. The summed E-state index contributed by atoms with van der Waals surface area (Å²) < 4.78 is 11.7. The molecule has 7 nitrogen and oxygen atoms in total. The standard InChI is InChI=1S/C34H40N2O5/c1-3-5-6-7-8-12-24-40-28-19-15-25(16-20-28)31-30-32(41-36(31)27-13-10-9-11-14-27)34(38)35(33(30)37)26-17-21-29(22-18-26)39-23-4-2/h9-11,13-22,30-32H,3-8,12,23-24H2,1-2H3/t30-,31-,32-/m0/s1. The Morgan fingerprint density at radius 3 is 1.98 bits per heavy atom. The average Bonchev–Trinajstić information content (AvgIpc) is 3.52. The molecule has 0 saturated carbocycles. The normalized spacial score (nSPS) is 20.0. The summed E-state index contributed by atoms with van der Waals surface area (Å²) in [6.45, 7) is 5.56. The second-order valence-electron chi connectivity index (χ2n) is 10.7. The van der Waals surface area contributed by atoms with Crippen LogP contribution in [0.25, 0.3) is 0 Å². The number of rotatable bonds is 14. The number of fused-ring (bicyclic) bond motifs is 1. The highest BCUT2D eigenvalue weighted by atomic mass is 16.7. The molecule has 2 fully saturated rings. The molecule has 2 aliphatic heterocycles. The van der Waals surface area contributed by atoms with Crippen molar-refractivity contribution in [2.75, 3.05) is 23.2 Å². The minimum atomic E-state index is -0.910. The van der Waals surface area contributed by atoms with Crippen LogP contribution in [0.15, 0.2) is 78.9 Å². The molecule has 7 heteroatoms. The molecule has 0 bridgehead atoms. The fourth-order valence-corrected chi connectivity index (χ4v) is 5.55. The number of unbranched alkanes of at least 4 members (excludes halogenated alkanes) is 5. The van der Waals surface area contributed by atoms with Gasteiger partial charge in [-0.1, -0.05) is 76.3 Å². The Hall–Kier alpha value is -3.84. The number of hydrogen-bond acceptors (Lipinski definition) is 6. The lowest BCUT2D eigenvalue weighted by atomic mass is 9.90. The van der Waals surface area contributed by atoms with Crippen molar-refractivity contribution in [3.8, 4) is 11.5 Å². The number of amides is 2. The Morgan fingerprint density at radius 2 is 1.29 bits per heavy atom. The highest BCUT2D eigenvalue weighted by Crippen LogP contribution is 2.47. The van der Waals surface area contributed by atoms with Crippen LogP contribution in [0, 0.1) is 5.92 Å². The van der Waals surface area contributed by atoms with Gasteiger partial charge in [-0.05, 0) is 66.9 Å². The van der Waals surface area contributed by atoms with Crippen molar-refractivity contribution in [3.63, 3.8) is 0 Å². The second kappa shape index (κ2) is 13.7. The fourth-order valence-electron chi connectivity index (χ4n) is 5.55. The zero-order valence-electron chi connectivity index (χ0n) is 24.0. The van der Waals surface area contributed by atoms with E-state index in [-0.39, 0.29) is 11.8 Å². The van der Waals surface area contributed by atoms with E-state index in [1.165, 1.54) is 37.0 Å². The van der Waals surface area contributed by atoms with Crippen LogP contribution in [-0.4, -0.2) is 31.1 Å². The van der Waals surface area contributed by atoms with Gasteiger partial charge in [0.25, 0.3) is 5.91 Å². The van der Waals surface area contributed by atoms with Gasteiger partial charge in [-0.3, -0.25) is 14.4 Å². The lowest BCUT2D eigenvalue weighted by molar-refractivity contribution is -0.126. The van der Waals surface area contributed by atoms with E-state index in [0.717, 1.165) is 29.8 Å². The molecule has 2 amide bonds. The molecule has 0 aromatic heterocycles. The van der Waals surface area contributed by atoms with Gasteiger partial charge < -0.3 is 9.47 Å². The smallest absolute Gasteiger partial charge is 0.266 e. The van der Waals surface area contributed by atoms with Crippen molar-refractivity contribution in [2.24, 2.45) is 5.92 Å². The van der Waals surface area contributed by atoms with Crippen molar-refractivity contribution in [1.82, 2.24) is 0 Å². The van der Waals surface area contributed by atoms with Gasteiger partial charge in [0, 0.05) is 0 Å². The SMILES string of the molecule is CCCCCCCCOc1ccc([C@H]2[C@@H]3C(=O)N(c4ccc(OCCC)cc4)C(=O)[C@H]3ON2c2ccccc2)cc1. The first-order valence-electron chi connectivity index (χ1n) is 15.0. The zero-order chi connectivity index (χ0) is 28.6. The van der Waals surface area contributed by atoms with Gasteiger partial charge in [-0.2, -0.15) is 0 Å². The molecule has 5 rings (SSSR count). The van der Waals surface area contributed by atoms with Crippen LogP contribution < -0.4 is 19.4 Å². The van der Waals surface area contributed by atoms with Gasteiger partial charge in [0.1, 0.15) is 17.4 Å². The molecule has 0 N–H and O–H groups in total. The number of hydrogen-bond donors (Lipinski definition) is 0. The van der Waals surface area contributed by atoms with Crippen molar-refractivity contribution in [2.45, 2.75) is 70.9 Å². The molecule has 3 aromatic carbocycles. The van der Waals surface area contributed by atoms with Crippen LogP contribution in [0.1, 0.15) is 70.4 Å². The summed E-state index contributed by atoms with van der Waals surface area (Å²) in [5.41, 5.74) is 2.20. The third kappa shape index (κ3) is 6.41. The first kappa shape index (κ1) is 28.7. The molecule has 2 heterocycles. The predicted molar refractivity (Wildman–Crippen MR) is 160 cm³/mol. The Labute approximate surface area is 243 Å². The van der Waals surface area contributed by atoms with Crippen LogP contribution in [0.5, 0.6) is 11.5 Å². The molecule has 41 heavy (non-hydrogen) atoms. The summed E-state index contributed by atoms with van der Waals surface area (Å²) in [7, 11) is 0. The number of benzene rings is 3. The van der Waals surface area contributed by atoms with E-state index in [4.69, 9.17) is 14.3 Å². The Balaban J connectivity index is 1.33. The Bertz CT molecular complexity index is 1280. The second-order valence-corrected chi connectivity index (χ2v) is 10.7. The summed E-state index contributed by atoms with van der Waals surface area (Å²) in [4.78, 5) is 35.0. The molecule has 0 spiro atoms. The van der Waals surface area contributed by atoms with Crippen LogP contribution in [0.2, 0.25) is 0 Å². The number of para-hydroxylation sites is 1. The summed E-state index contributed by atoms with van der Waals surface area (Å²) in [5, 5.41) is 1.72. The van der Waals surface area contributed by atoms with E-state index in [1.807, 2.05) is 61.5 Å². The Morgan fingerprint density at radius 1 is 0.659 bits per heavy atom. The third-order valence-electron chi connectivity index (χ3n) is 7.68. The van der Waals surface area contributed by atoms with Gasteiger partial charge in [-0.15, -0.1) is 0 Å². The minimum Gasteiger partial charge on any atom is -0.494 e. The number of carbonyl (C=O) groups excluding carboxylic acids is 2. The predicted octanol–water partition coefficient (Wildman–Crippen LogP) is 7.27. The van der Waals surface area contributed by atoms with E-state index in [0.29, 0.717) is 24.7 Å². The molecule has 3 aromatic rings. The zero-order valence-corrected chi connectivity index (χ0v) is 24.0. The molecular weight excluding hydrogens is 516 g/mol. The summed E-state index contributed by atoms with van der Waals surface area (Å²) >= 11 is 0. The summed E-state index contributed by atoms with van der Waals surface area (Å²) in [6.07, 6.45) is 7.27. The van der Waals surface area contributed by atoms with E-state index in [1.54, 1.807) is 29.3 Å². The van der Waals surface area contributed by atoms with E-state index in [9.17, 15) is 9.59 Å². The molecule has 216 valence electrons. The number of nitrogens with zero attached hydrogens (tertiary/aromatic N) is 2. The topological polar surface area (TPSA) is 68.3 Å². The van der Waals surface area contributed by atoms with Crippen molar-refractivity contribution < 1.29 is 23.9 Å². The maximum atomic E-state index is 13.9. The van der Waals surface area contributed by atoms with E-state index >= 15 is 0 Å². The molecule has 2 aliphatic rings. The largest absolute Gasteiger partial charge is 0.494 e. The number of anilines is 2. The molecule has 3 atom stereocenters. The maximum Gasteiger partial charge on any atom is 0.266 e. The van der Waals surface area contributed by atoms with Crippen molar-refractivity contribution in [3.05, 3.63) is 84.4 Å². The van der Waals surface area contributed by atoms with Gasteiger partial charge in [0.2, 0.25) is 5.91 Å². The van der Waals surface area contributed by atoms with Crippen LogP contribution in [-0.2, 0) is 14.4 Å². The molecule has 2 saturated heterocycles. The molecular formula is C34H40N2O5. The van der Waals surface area contributed by atoms with Crippen molar-refractivity contribution >= 4 is 23.2 Å². The summed E-state index contributed by atoms with van der Waals surface area (Å²) in [5.74, 6) is 0.190. The van der Waals surface area contributed by atoms with E-state index in [2.05, 4.69) is 6.92 Å². The monoisotopic (exact) mass is 556 g/mol. The molecule has 0 aliphatic carbocycles. The first-order chi connectivity index (χ1) is 20.1. The number of hydroxylamine groups is 1. The van der Waals surface area contributed by atoms with Crippen LogP contribution >= 0.6 is 0 Å². The highest BCUT2D eigenvalue weighted by Gasteiger charge is 2.60. The third-order valence-corrected chi connectivity index (χ3v) is 7.68. The quantitative estimate of drug-likeness (QED) is 0.154. The number of ether oxygens (including phenoxy) is 2. The van der Waals surface area contributed by atoms with Crippen molar-refractivity contribution in [1.29, 1.82) is 0 Å². The highest BCUT2D eigenvalue weighted by molar-refractivity contribution is 6.23. The molecule has 0 unspecified atom stereocenters. The Kier molecular flexibility index (Phi) is 9.57. The summed E-state index contributed by atoms with van der Waals surface area (Å²) in [6, 6.07) is 24.1. The lowest BCUT2D eigenvalue weighted by Crippen LogP contribution is -2.37. The van der Waals surface area contributed by atoms with Gasteiger partial charge in [0.15, 0.2) is 6.10 Å². The van der Waals surface area contributed by atoms with Crippen LogP contribution in [0.3, 0.4) is 0 Å². The number of imide groups is 1. The molecule has 0 radical (unpaired) electrons. The van der Waals surface area contributed by atoms with Crippen LogP contribution in [0.4, 0.5) is 11.4 Å². The number of carbonyl (C=O) groups is 2. The maximum absolute atomic E-state index is 13.9. The van der Waals surface area contributed by atoms with Gasteiger partial charge in [0.05, 0.1) is 30.6 Å². The average molecular weight is 557 g/mol. The minimum absolute atomic E-state index is 0.269. The lowest BCUT2D eigenvalue weighted by Gasteiger charge is -2.29. The van der Waals surface area contributed by atoms with E-state index < -0.39 is 18.1 Å². The van der Waals surface area contributed by atoms with Gasteiger partial charge in [-0.25, -0.2) is 9.96 Å². The van der Waals surface area contributed by atoms with Gasteiger partial charge >= 0.3 is 0 Å². The first-order valence-corrected chi connectivity index (χ1v) is 15.0.